The van der Waals surface area contributed by atoms with E-state index in [1.807, 2.05) is 65.6 Å². The topological polar surface area (TPSA) is 63.7 Å². The quantitative estimate of drug-likeness (QED) is 0.542. The molecule has 0 saturated carbocycles. The van der Waals surface area contributed by atoms with Crippen LogP contribution in [0.2, 0.25) is 0 Å². The monoisotopic (exact) mass is 449 g/mol. The highest BCUT2D eigenvalue weighted by Crippen LogP contribution is 2.60. The Labute approximate surface area is 197 Å². The molecule has 5 heteroatoms. The predicted molar refractivity (Wildman–Crippen MR) is 129 cm³/mol. The normalized spacial score (nSPS) is 23.6. The highest BCUT2D eigenvalue weighted by Gasteiger charge is 2.71. The van der Waals surface area contributed by atoms with Crippen LogP contribution >= 0.6 is 0 Å². The van der Waals surface area contributed by atoms with Gasteiger partial charge in [0.2, 0.25) is 0 Å². The van der Waals surface area contributed by atoms with E-state index in [4.69, 9.17) is 4.74 Å². The molecule has 0 unspecified atom stereocenters. The minimum absolute atomic E-state index is 0.0867. The van der Waals surface area contributed by atoms with Gasteiger partial charge in [-0.1, -0.05) is 66.7 Å². The smallest absolute Gasteiger partial charge is 0.180 e. The van der Waals surface area contributed by atoms with Crippen LogP contribution in [0.1, 0.15) is 44.7 Å². The molecule has 168 valence electrons. The van der Waals surface area contributed by atoms with Gasteiger partial charge in [-0.2, -0.15) is 0 Å². The molecule has 1 aliphatic carbocycles. The Kier molecular flexibility index (Phi) is 4.40. The van der Waals surface area contributed by atoms with Gasteiger partial charge in [0, 0.05) is 22.7 Å². The van der Waals surface area contributed by atoms with Crippen LogP contribution in [0.5, 0.6) is 5.75 Å². The molecule has 0 amide bonds. The first-order valence-corrected chi connectivity index (χ1v) is 11.4. The van der Waals surface area contributed by atoms with Crippen molar-refractivity contribution < 1.29 is 19.1 Å². The first-order chi connectivity index (χ1) is 16.5. The number of Topliss-reactive ketones (excluding diaryl/α,β-unsaturated/α-hetero) is 3. The van der Waals surface area contributed by atoms with Gasteiger partial charge in [-0.15, -0.1) is 0 Å². The van der Waals surface area contributed by atoms with Crippen LogP contribution in [0, 0.1) is 5.41 Å². The van der Waals surface area contributed by atoms with E-state index < -0.39 is 23.4 Å². The molecular formula is C29H23NO4. The van der Waals surface area contributed by atoms with E-state index in [-0.39, 0.29) is 17.3 Å². The second kappa shape index (κ2) is 7.26. The third kappa shape index (κ3) is 2.47. The van der Waals surface area contributed by atoms with Gasteiger partial charge in [-0.05, 0) is 36.2 Å². The molecule has 2 aliphatic heterocycles. The Morgan fingerprint density at radius 2 is 1.59 bits per heavy atom. The maximum atomic E-state index is 14.3. The number of methoxy groups -OCH3 is 1. The van der Waals surface area contributed by atoms with E-state index >= 15 is 0 Å². The molecule has 5 nitrogen and oxygen atoms in total. The third-order valence-electron chi connectivity index (χ3n) is 7.58. The van der Waals surface area contributed by atoms with Gasteiger partial charge >= 0.3 is 0 Å². The minimum Gasteiger partial charge on any atom is -0.497 e. The van der Waals surface area contributed by atoms with Crippen molar-refractivity contribution in [2.24, 2.45) is 5.41 Å². The van der Waals surface area contributed by atoms with Crippen LogP contribution in [0.3, 0.4) is 0 Å². The fourth-order valence-electron chi connectivity index (χ4n) is 6.28. The molecule has 3 atom stereocenters. The number of carbonyl (C=O) groups is 3. The van der Waals surface area contributed by atoms with Crippen molar-refractivity contribution in [3.05, 3.63) is 101 Å². The van der Waals surface area contributed by atoms with Crippen molar-refractivity contribution in [3.8, 4) is 5.75 Å². The zero-order valence-electron chi connectivity index (χ0n) is 18.9. The summed E-state index contributed by atoms with van der Waals surface area (Å²) in [5, 5.41) is 0. The van der Waals surface area contributed by atoms with Crippen molar-refractivity contribution >= 4 is 29.1 Å². The summed E-state index contributed by atoms with van der Waals surface area (Å²) in [4.78, 5) is 43.9. The zero-order valence-corrected chi connectivity index (χ0v) is 18.9. The lowest BCUT2D eigenvalue weighted by Gasteiger charge is -2.37. The summed E-state index contributed by atoms with van der Waals surface area (Å²) < 4.78 is 5.47. The second-order valence-corrected chi connectivity index (χ2v) is 9.15. The summed E-state index contributed by atoms with van der Waals surface area (Å²) in [6, 6.07) is 20.9. The summed E-state index contributed by atoms with van der Waals surface area (Å²) >= 11 is 0. The maximum absolute atomic E-state index is 14.3. The van der Waals surface area contributed by atoms with Gasteiger partial charge in [0.25, 0.3) is 0 Å². The molecule has 0 aromatic heterocycles. The molecule has 3 aliphatic rings. The number of benzene rings is 3. The number of nitrogens with zero attached hydrogens (tertiary/aromatic N) is 1. The second-order valence-electron chi connectivity index (χ2n) is 9.15. The zero-order chi connectivity index (χ0) is 23.6. The average molecular weight is 450 g/mol. The SMILES string of the molecule is COc1cccc([C@H]2[C@@H](C(C)=O)N3c4ccccc4C=C[C@@H]3C23C(=O)c2ccccc2C3=O)c1. The molecule has 6 rings (SSSR count). The largest absolute Gasteiger partial charge is 0.497 e. The minimum atomic E-state index is -1.45. The van der Waals surface area contributed by atoms with E-state index in [1.54, 1.807) is 38.3 Å². The van der Waals surface area contributed by atoms with Gasteiger partial charge in [0.15, 0.2) is 17.3 Å². The average Bonchev–Trinajstić information content (AvgIpc) is 3.31. The van der Waals surface area contributed by atoms with Crippen molar-refractivity contribution in [3.63, 3.8) is 0 Å². The Balaban J connectivity index is 1.69. The number of para-hydroxylation sites is 1. The lowest BCUT2D eigenvalue weighted by molar-refractivity contribution is -0.118. The molecule has 0 N–H and O–H groups in total. The highest BCUT2D eigenvalue weighted by molar-refractivity contribution is 6.32. The molecule has 3 aromatic rings. The summed E-state index contributed by atoms with van der Waals surface area (Å²) in [5.74, 6) is -0.580. The van der Waals surface area contributed by atoms with Crippen molar-refractivity contribution in [2.45, 2.75) is 24.9 Å². The molecule has 1 saturated heterocycles. The van der Waals surface area contributed by atoms with Gasteiger partial charge in [-0.25, -0.2) is 0 Å². The fraction of sp³-hybridized carbons (Fsp3) is 0.207. The molecule has 1 fully saturated rings. The van der Waals surface area contributed by atoms with Crippen LogP contribution in [0.15, 0.2) is 78.9 Å². The standard InChI is InChI=1S/C29H23NO4/c1-17(31)26-25(19-9-7-10-20(16-19)34-2)29(27(32)21-11-4-5-12-22(21)28(29)33)24-15-14-18-8-3-6-13-23(18)30(24)26/h3-16,24-26H,1-2H3/t24-,25+,26-/m1/s1. The summed E-state index contributed by atoms with van der Waals surface area (Å²) in [6.45, 7) is 1.55. The van der Waals surface area contributed by atoms with Gasteiger partial charge < -0.3 is 9.64 Å². The Morgan fingerprint density at radius 1 is 0.912 bits per heavy atom. The molecule has 2 heterocycles. The molecule has 34 heavy (non-hydrogen) atoms. The molecular weight excluding hydrogens is 426 g/mol. The van der Waals surface area contributed by atoms with Gasteiger partial charge in [0.1, 0.15) is 11.2 Å². The number of ketones is 3. The van der Waals surface area contributed by atoms with Crippen LogP contribution in [-0.4, -0.2) is 36.5 Å². The lowest BCUT2D eigenvalue weighted by atomic mass is 9.64. The third-order valence-corrected chi connectivity index (χ3v) is 7.58. The molecule has 0 bridgehead atoms. The van der Waals surface area contributed by atoms with E-state index in [0.717, 1.165) is 16.8 Å². The summed E-state index contributed by atoms with van der Waals surface area (Å²) in [7, 11) is 1.58. The van der Waals surface area contributed by atoms with Crippen LogP contribution in [-0.2, 0) is 4.79 Å². The first-order valence-electron chi connectivity index (χ1n) is 11.4. The highest BCUT2D eigenvalue weighted by atomic mass is 16.5. The number of hydrogen-bond donors (Lipinski definition) is 0. The number of rotatable bonds is 3. The number of fused-ring (bicyclic) bond motifs is 5. The van der Waals surface area contributed by atoms with Crippen molar-refractivity contribution in [1.29, 1.82) is 0 Å². The van der Waals surface area contributed by atoms with E-state index in [9.17, 15) is 14.4 Å². The van der Waals surface area contributed by atoms with Crippen molar-refractivity contribution in [2.75, 3.05) is 12.0 Å². The van der Waals surface area contributed by atoms with Crippen LogP contribution in [0.25, 0.3) is 6.08 Å². The summed E-state index contributed by atoms with van der Waals surface area (Å²) in [6.07, 6.45) is 3.90. The molecule has 3 aromatic carbocycles. The lowest BCUT2D eigenvalue weighted by Crippen LogP contribution is -2.48. The van der Waals surface area contributed by atoms with Crippen LogP contribution in [0.4, 0.5) is 5.69 Å². The predicted octanol–water partition coefficient (Wildman–Crippen LogP) is 4.72. The van der Waals surface area contributed by atoms with Crippen LogP contribution < -0.4 is 9.64 Å². The number of anilines is 1. The maximum Gasteiger partial charge on any atom is 0.180 e. The Morgan fingerprint density at radius 3 is 2.26 bits per heavy atom. The van der Waals surface area contributed by atoms with E-state index in [2.05, 4.69) is 0 Å². The number of carbonyl (C=O) groups excluding carboxylic acids is 3. The summed E-state index contributed by atoms with van der Waals surface area (Å²) in [5.41, 5.74) is 1.97. The van der Waals surface area contributed by atoms with E-state index in [0.29, 0.717) is 16.9 Å². The molecule has 0 radical (unpaired) electrons. The van der Waals surface area contributed by atoms with Crippen molar-refractivity contribution in [1.82, 2.24) is 0 Å². The Bertz CT molecular complexity index is 1370. The number of hydrogen-bond acceptors (Lipinski definition) is 5. The first kappa shape index (κ1) is 20.6. The Hall–Kier alpha value is -3.99. The number of ether oxygens (including phenoxy) is 1. The molecule has 1 spiro atoms. The fourth-order valence-corrected chi connectivity index (χ4v) is 6.28. The van der Waals surface area contributed by atoms with Gasteiger partial charge in [0.05, 0.1) is 19.2 Å². The van der Waals surface area contributed by atoms with Gasteiger partial charge in [-0.3, -0.25) is 14.4 Å². The van der Waals surface area contributed by atoms with E-state index in [1.165, 1.54) is 0 Å².